The summed E-state index contributed by atoms with van der Waals surface area (Å²) in [5, 5.41) is 0.447. The molecule has 1 aliphatic heterocycles. The fourth-order valence-electron chi connectivity index (χ4n) is 2.86. The second-order valence-electron chi connectivity index (χ2n) is 5.80. The number of rotatable bonds is 3. The lowest BCUT2D eigenvalue weighted by Crippen LogP contribution is -2.50. The van der Waals surface area contributed by atoms with Gasteiger partial charge in [0.05, 0.1) is 17.7 Å². The molecule has 1 aliphatic rings. The molecule has 2 aromatic rings. The average Bonchev–Trinajstić information content (AvgIpc) is 2.67. The molecule has 0 aromatic heterocycles. The number of halogens is 1. The monoisotopic (exact) mass is 358 g/mol. The predicted molar refractivity (Wildman–Crippen MR) is 96.3 cm³/mol. The quantitative estimate of drug-likeness (QED) is 0.847. The number of hydrogen-bond donors (Lipinski definition) is 0. The molecule has 6 heteroatoms. The number of amides is 2. The summed E-state index contributed by atoms with van der Waals surface area (Å²) in [6, 6.07) is 14.1. The highest BCUT2D eigenvalue weighted by Crippen LogP contribution is 2.19. The van der Waals surface area contributed by atoms with E-state index >= 15 is 0 Å². The molecule has 1 fully saturated rings. The average molecular weight is 359 g/mol. The minimum Gasteiger partial charge on any atom is -0.497 e. The van der Waals surface area contributed by atoms with E-state index in [0.717, 1.165) is 0 Å². The summed E-state index contributed by atoms with van der Waals surface area (Å²) in [6.07, 6.45) is 0. The highest BCUT2D eigenvalue weighted by atomic mass is 35.5. The van der Waals surface area contributed by atoms with Crippen molar-refractivity contribution in [3.63, 3.8) is 0 Å². The van der Waals surface area contributed by atoms with Crippen LogP contribution in [0.3, 0.4) is 0 Å². The van der Waals surface area contributed by atoms with Crippen LogP contribution in [0.1, 0.15) is 20.7 Å². The van der Waals surface area contributed by atoms with Crippen molar-refractivity contribution in [1.29, 1.82) is 0 Å². The van der Waals surface area contributed by atoms with Crippen LogP contribution in [0.2, 0.25) is 5.02 Å². The maximum Gasteiger partial charge on any atom is 0.255 e. The third-order valence-electron chi connectivity index (χ3n) is 4.28. The topological polar surface area (TPSA) is 49.9 Å². The zero-order chi connectivity index (χ0) is 17.8. The first-order valence-corrected chi connectivity index (χ1v) is 8.45. The van der Waals surface area contributed by atoms with Gasteiger partial charge in [-0.3, -0.25) is 9.59 Å². The Bertz CT molecular complexity index is 786. The van der Waals surface area contributed by atoms with Gasteiger partial charge in [-0.15, -0.1) is 0 Å². The molecule has 0 aliphatic carbocycles. The molecule has 3 rings (SSSR count). The van der Waals surface area contributed by atoms with Crippen molar-refractivity contribution in [3.8, 4) is 5.75 Å². The van der Waals surface area contributed by atoms with Crippen LogP contribution < -0.4 is 4.74 Å². The summed E-state index contributed by atoms with van der Waals surface area (Å²) in [4.78, 5) is 28.7. The summed E-state index contributed by atoms with van der Waals surface area (Å²) >= 11 is 6.10. The maximum atomic E-state index is 12.6. The Morgan fingerprint density at radius 2 is 1.56 bits per heavy atom. The van der Waals surface area contributed by atoms with Crippen molar-refractivity contribution in [3.05, 3.63) is 64.7 Å². The van der Waals surface area contributed by atoms with Gasteiger partial charge in [-0.05, 0) is 30.3 Å². The SMILES string of the molecule is COc1cccc(C(=O)N2CCN(C(=O)c3ccccc3Cl)CC2)c1. The highest BCUT2D eigenvalue weighted by molar-refractivity contribution is 6.33. The normalized spacial score (nSPS) is 14.3. The first kappa shape index (κ1) is 17.3. The fraction of sp³-hybridized carbons (Fsp3) is 0.263. The Hall–Kier alpha value is -2.53. The number of hydrogen-bond acceptors (Lipinski definition) is 3. The molecule has 0 bridgehead atoms. The van der Waals surface area contributed by atoms with E-state index in [4.69, 9.17) is 16.3 Å². The molecule has 130 valence electrons. The van der Waals surface area contributed by atoms with Gasteiger partial charge in [0.2, 0.25) is 0 Å². The number of carbonyl (C=O) groups is 2. The van der Waals surface area contributed by atoms with Crippen LogP contribution in [-0.4, -0.2) is 54.9 Å². The van der Waals surface area contributed by atoms with Crippen molar-refractivity contribution >= 4 is 23.4 Å². The van der Waals surface area contributed by atoms with E-state index in [9.17, 15) is 9.59 Å². The zero-order valence-corrected chi connectivity index (χ0v) is 14.7. The highest BCUT2D eigenvalue weighted by Gasteiger charge is 2.26. The standard InChI is InChI=1S/C19H19ClN2O3/c1-25-15-6-4-5-14(13-15)18(23)21-9-11-22(12-10-21)19(24)16-7-2-3-8-17(16)20/h2-8,13H,9-12H2,1H3. The predicted octanol–water partition coefficient (Wildman–Crippen LogP) is 2.95. The van der Waals surface area contributed by atoms with Gasteiger partial charge in [-0.2, -0.15) is 0 Å². The zero-order valence-electron chi connectivity index (χ0n) is 13.9. The Morgan fingerprint density at radius 1 is 0.920 bits per heavy atom. The summed E-state index contributed by atoms with van der Waals surface area (Å²) in [6.45, 7) is 1.96. The lowest BCUT2D eigenvalue weighted by molar-refractivity contribution is 0.0535. The molecule has 0 atom stereocenters. The molecule has 25 heavy (non-hydrogen) atoms. The van der Waals surface area contributed by atoms with Crippen molar-refractivity contribution < 1.29 is 14.3 Å². The van der Waals surface area contributed by atoms with Gasteiger partial charge in [-0.25, -0.2) is 0 Å². The minimum atomic E-state index is -0.0981. The second-order valence-corrected chi connectivity index (χ2v) is 6.20. The van der Waals surface area contributed by atoms with Crippen LogP contribution >= 0.6 is 11.6 Å². The van der Waals surface area contributed by atoms with Crippen molar-refractivity contribution in [2.75, 3.05) is 33.3 Å². The molecule has 0 radical (unpaired) electrons. The van der Waals surface area contributed by atoms with E-state index in [-0.39, 0.29) is 11.8 Å². The van der Waals surface area contributed by atoms with E-state index in [0.29, 0.717) is 48.1 Å². The molecule has 1 heterocycles. The number of methoxy groups -OCH3 is 1. The lowest BCUT2D eigenvalue weighted by atomic mass is 10.1. The van der Waals surface area contributed by atoms with Crippen LogP contribution in [0, 0.1) is 0 Å². The molecule has 2 amide bonds. The van der Waals surface area contributed by atoms with Gasteiger partial charge in [0.25, 0.3) is 11.8 Å². The second kappa shape index (κ2) is 7.57. The van der Waals surface area contributed by atoms with Crippen molar-refractivity contribution in [2.45, 2.75) is 0 Å². The fourth-order valence-corrected chi connectivity index (χ4v) is 3.07. The molecule has 2 aromatic carbocycles. The third-order valence-corrected chi connectivity index (χ3v) is 4.60. The smallest absolute Gasteiger partial charge is 0.255 e. The maximum absolute atomic E-state index is 12.6. The summed E-state index contributed by atoms with van der Waals surface area (Å²) in [5.74, 6) is 0.501. The minimum absolute atomic E-state index is 0.0521. The Labute approximate surface area is 151 Å². The third kappa shape index (κ3) is 3.77. The summed E-state index contributed by atoms with van der Waals surface area (Å²) in [5.41, 5.74) is 1.09. The number of nitrogens with zero attached hydrogens (tertiary/aromatic N) is 2. The molecule has 0 spiro atoms. The number of piperazine rings is 1. The van der Waals surface area contributed by atoms with E-state index < -0.39 is 0 Å². The van der Waals surface area contributed by atoms with Crippen molar-refractivity contribution in [2.24, 2.45) is 0 Å². The van der Waals surface area contributed by atoms with E-state index in [2.05, 4.69) is 0 Å². The molecular formula is C19H19ClN2O3. The number of carbonyl (C=O) groups excluding carboxylic acids is 2. The summed E-state index contributed by atoms with van der Waals surface area (Å²) in [7, 11) is 1.57. The van der Waals surface area contributed by atoms with Crippen LogP contribution in [0.5, 0.6) is 5.75 Å². The first-order chi connectivity index (χ1) is 12.1. The Morgan fingerprint density at radius 3 is 2.20 bits per heavy atom. The first-order valence-electron chi connectivity index (χ1n) is 8.07. The summed E-state index contributed by atoms with van der Waals surface area (Å²) < 4.78 is 5.16. The van der Waals surface area contributed by atoms with Crippen LogP contribution in [0.25, 0.3) is 0 Å². The van der Waals surface area contributed by atoms with Gasteiger partial charge in [0.1, 0.15) is 5.75 Å². The molecule has 5 nitrogen and oxygen atoms in total. The Kier molecular flexibility index (Phi) is 5.24. The van der Waals surface area contributed by atoms with Crippen LogP contribution in [-0.2, 0) is 0 Å². The Balaban J connectivity index is 1.64. The van der Waals surface area contributed by atoms with Gasteiger partial charge < -0.3 is 14.5 Å². The van der Waals surface area contributed by atoms with Crippen molar-refractivity contribution in [1.82, 2.24) is 9.80 Å². The molecule has 0 N–H and O–H groups in total. The molecule has 1 saturated heterocycles. The van der Waals surface area contributed by atoms with Gasteiger partial charge in [0, 0.05) is 31.7 Å². The van der Waals surface area contributed by atoms with Gasteiger partial charge >= 0.3 is 0 Å². The lowest BCUT2D eigenvalue weighted by Gasteiger charge is -2.35. The number of ether oxygens (including phenoxy) is 1. The van der Waals surface area contributed by atoms with E-state index in [1.807, 2.05) is 0 Å². The van der Waals surface area contributed by atoms with E-state index in [1.54, 1.807) is 65.4 Å². The van der Waals surface area contributed by atoms with Crippen LogP contribution in [0.15, 0.2) is 48.5 Å². The molecule has 0 unspecified atom stereocenters. The van der Waals surface area contributed by atoms with Gasteiger partial charge in [0.15, 0.2) is 0 Å². The van der Waals surface area contributed by atoms with Gasteiger partial charge in [-0.1, -0.05) is 29.8 Å². The van der Waals surface area contributed by atoms with E-state index in [1.165, 1.54) is 0 Å². The largest absolute Gasteiger partial charge is 0.497 e. The molecule has 0 saturated carbocycles. The number of benzene rings is 2. The molecular weight excluding hydrogens is 340 g/mol. The van der Waals surface area contributed by atoms with Crippen LogP contribution in [0.4, 0.5) is 0 Å².